The summed E-state index contributed by atoms with van der Waals surface area (Å²) in [5.74, 6) is -2.37. The van der Waals surface area contributed by atoms with Crippen molar-refractivity contribution in [1.82, 2.24) is 0 Å². The third kappa shape index (κ3) is 7.50. The molecule has 4 nitrogen and oxygen atoms in total. The van der Waals surface area contributed by atoms with Gasteiger partial charge in [0.1, 0.15) is 5.60 Å². The SMILES string of the molecule is CC(C)C[C@@H](C(=O)O)[C@H](CC=C1CCCCC1)C(=O)OC(C)(C)C. The van der Waals surface area contributed by atoms with Crippen molar-refractivity contribution in [3.05, 3.63) is 11.6 Å². The number of allylic oxidation sites excluding steroid dienone is 2. The van der Waals surface area contributed by atoms with E-state index in [9.17, 15) is 14.7 Å². The van der Waals surface area contributed by atoms with Gasteiger partial charge in [0, 0.05) is 0 Å². The van der Waals surface area contributed by atoms with Gasteiger partial charge >= 0.3 is 11.9 Å². The summed E-state index contributed by atoms with van der Waals surface area (Å²) in [5.41, 5.74) is 0.761. The fourth-order valence-electron chi connectivity index (χ4n) is 3.25. The summed E-state index contributed by atoms with van der Waals surface area (Å²) in [6.45, 7) is 9.43. The number of esters is 1. The van der Waals surface area contributed by atoms with Crippen LogP contribution < -0.4 is 0 Å². The maximum atomic E-state index is 12.6. The molecule has 0 saturated heterocycles. The summed E-state index contributed by atoms with van der Waals surface area (Å²) in [6, 6.07) is 0. The number of hydrogen-bond acceptors (Lipinski definition) is 3. The van der Waals surface area contributed by atoms with Crippen molar-refractivity contribution in [1.29, 1.82) is 0 Å². The molecule has 0 unspecified atom stereocenters. The van der Waals surface area contributed by atoms with E-state index in [4.69, 9.17) is 4.74 Å². The standard InChI is InChI=1S/C20H34O4/c1-14(2)13-17(18(21)22)16(19(23)24-20(3,4)5)12-11-15-9-7-6-8-10-15/h11,14,16-17H,6-10,12-13H2,1-5H3,(H,21,22)/t16-,17+/m0/s1. The topological polar surface area (TPSA) is 63.6 Å². The van der Waals surface area contributed by atoms with Crippen LogP contribution in [0.1, 0.15) is 79.6 Å². The Hall–Kier alpha value is -1.32. The van der Waals surface area contributed by atoms with Gasteiger partial charge in [-0.3, -0.25) is 9.59 Å². The molecule has 138 valence electrons. The lowest BCUT2D eigenvalue weighted by atomic mass is 9.82. The van der Waals surface area contributed by atoms with Crippen molar-refractivity contribution < 1.29 is 19.4 Å². The molecular formula is C20H34O4. The third-order valence-electron chi connectivity index (χ3n) is 4.39. The van der Waals surface area contributed by atoms with Crippen LogP contribution in [0.4, 0.5) is 0 Å². The molecule has 0 aromatic rings. The Morgan fingerprint density at radius 2 is 1.71 bits per heavy atom. The number of rotatable bonds is 7. The Kier molecular flexibility index (Phi) is 7.98. The molecule has 0 aliphatic heterocycles. The molecule has 24 heavy (non-hydrogen) atoms. The predicted octanol–water partition coefficient (Wildman–Crippen LogP) is 4.97. The number of hydrogen-bond donors (Lipinski definition) is 1. The number of carbonyl (C=O) groups excluding carboxylic acids is 1. The Bertz CT molecular complexity index is 449. The van der Waals surface area contributed by atoms with E-state index < -0.39 is 23.4 Å². The van der Waals surface area contributed by atoms with Gasteiger partial charge in [0.2, 0.25) is 0 Å². The highest BCUT2D eigenvalue weighted by Gasteiger charge is 2.36. The maximum absolute atomic E-state index is 12.6. The van der Waals surface area contributed by atoms with Gasteiger partial charge in [0.25, 0.3) is 0 Å². The summed E-state index contributed by atoms with van der Waals surface area (Å²) in [5, 5.41) is 9.65. The monoisotopic (exact) mass is 338 g/mol. The van der Waals surface area contributed by atoms with Crippen LogP contribution in [0.15, 0.2) is 11.6 Å². The average molecular weight is 338 g/mol. The first kappa shape index (κ1) is 20.7. The zero-order valence-corrected chi connectivity index (χ0v) is 15.9. The number of carbonyl (C=O) groups is 2. The molecule has 0 amide bonds. The van der Waals surface area contributed by atoms with Gasteiger partial charge in [-0.2, -0.15) is 0 Å². The van der Waals surface area contributed by atoms with Gasteiger partial charge < -0.3 is 9.84 Å². The third-order valence-corrected chi connectivity index (χ3v) is 4.39. The lowest BCUT2D eigenvalue weighted by molar-refractivity contribution is -0.167. The first-order valence-corrected chi connectivity index (χ1v) is 9.23. The van der Waals surface area contributed by atoms with Crippen LogP contribution in [0.3, 0.4) is 0 Å². The number of ether oxygens (including phenoxy) is 1. The van der Waals surface area contributed by atoms with Crippen molar-refractivity contribution in [2.24, 2.45) is 17.8 Å². The maximum Gasteiger partial charge on any atom is 0.310 e. The van der Waals surface area contributed by atoms with Gasteiger partial charge in [0.15, 0.2) is 0 Å². The second-order valence-corrected chi connectivity index (χ2v) is 8.37. The van der Waals surface area contributed by atoms with Crippen molar-refractivity contribution in [3.63, 3.8) is 0 Å². The molecule has 2 atom stereocenters. The van der Waals surface area contributed by atoms with E-state index >= 15 is 0 Å². The van der Waals surface area contributed by atoms with Gasteiger partial charge in [-0.1, -0.05) is 31.9 Å². The van der Waals surface area contributed by atoms with Crippen LogP contribution in [0, 0.1) is 17.8 Å². The number of carboxylic acids is 1. The second kappa shape index (κ2) is 9.24. The van der Waals surface area contributed by atoms with Crippen LogP contribution >= 0.6 is 0 Å². The molecule has 1 aliphatic rings. The first-order chi connectivity index (χ1) is 11.1. The van der Waals surface area contributed by atoms with E-state index in [1.54, 1.807) is 0 Å². The van der Waals surface area contributed by atoms with E-state index in [1.165, 1.54) is 24.8 Å². The van der Waals surface area contributed by atoms with Crippen LogP contribution in [0.2, 0.25) is 0 Å². The molecule has 4 heteroatoms. The molecule has 0 spiro atoms. The zero-order valence-electron chi connectivity index (χ0n) is 15.9. The molecule has 1 saturated carbocycles. The van der Waals surface area contributed by atoms with Gasteiger partial charge in [0.05, 0.1) is 11.8 Å². The normalized spacial score (nSPS) is 18.2. The van der Waals surface area contributed by atoms with E-state index in [0.717, 1.165) is 12.8 Å². The first-order valence-electron chi connectivity index (χ1n) is 9.23. The second-order valence-electron chi connectivity index (χ2n) is 8.37. The Labute approximate surface area is 146 Å². The Morgan fingerprint density at radius 3 is 2.17 bits per heavy atom. The summed E-state index contributed by atoms with van der Waals surface area (Å²) >= 11 is 0. The summed E-state index contributed by atoms with van der Waals surface area (Å²) in [6.07, 6.45) is 8.85. The smallest absolute Gasteiger partial charge is 0.310 e. The van der Waals surface area contributed by atoms with Crippen LogP contribution in [-0.2, 0) is 14.3 Å². The molecule has 0 aromatic carbocycles. The lowest BCUT2D eigenvalue weighted by Crippen LogP contribution is -2.36. The minimum atomic E-state index is -0.901. The van der Waals surface area contributed by atoms with Crippen LogP contribution in [0.25, 0.3) is 0 Å². The highest BCUT2D eigenvalue weighted by atomic mass is 16.6. The predicted molar refractivity (Wildman–Crippen MR) is 95.7 cm³/mol. The highest BCUT2D eigenvalue weighted by Crippen LogP contribution is 2.30. The largest absolute Gasteiger partial charge is 0.481 e. The van der Waals surface area contributed by atoms with Gasteiger partial charge in [-0.05, 0) is 65.2 Å². The highest BCUT2D eigenvalue weighted by molar-refractivity contribution is 5.81. The minimum Gasteiger partial charge on any atom is -0.481 e. The minimum absolute atomic E-state index is 0.221. The van der Waals surface area contributed by atoms with E-state index in [0.29, 0.717) is 12.8 Å². The quantitative estimate of drug-likeness (QED) is 0.526. The fraction of sp³-hybridized carbons (Fsp3) is 0.800. The van der Waals surface area contributed by atoms with Crippen molar-refractivity contribution in [2.45, 2.75) is 85.2 Å². The van der Waals surface area contributed by atoms with Gasteiger partial charge in [-0.25, -0.2) is 0 Å². The molecule has 1 rings (SSSR count). The molecule has 1 fully saturated rings. The van der Waals surface area contributed by atoms with Crippen LogP contribution in [-0.4, -0.2) is 22.6 Å². The van der Waals surface area contributed by atoms with Crippen molar-refractivity contribution in [2.75, 3.05) is 0 Å². The van der Waals surface area contributed by atoms with Crippen LogP contribution in [0.5, 0.6) is 0 Å². The summed E-state index contributed by atoms with van der Waals surface area (Å²) < 4.78 is 5.52. The molecule has 0 bridgehead atoms. The molecule has 0 aromatic heterocycles. The Morgan fingerprint density at radius 1 is 1.12 bits per heavy atom. The molecule has 1 aliphatic carbocycles. The van der Waals surface area contributed by atoms with Crippen molar-refractivity contribution in [3.8, 4) is 0 Å². The number of aliphatic carboxylic acids is 1. The number of carboxylic acid groups (broad SMARTS) is 1. The molecular weight excluding hydrogens is 304 g/mol. The summed E-state index contributed by atoms with van der Waals surface area (Å²) in [7, 11) is 0. The molecule has 0 radical (unpaired) electrons. The lowest BCUT2D eigenvalue weighted by Gasteiger charge is -2.28. The summed E-state index contributed by atoms with van der Waals surface area (Å²) in [4.78, 5) is 24.4. The van der Waals surface area contributed by atoms with E-state index in [2.05, 4.69) is 6.08 Å². The Balaban J connectivity index is 2.95. The fourth-order valence-corrected chi connectivity index (χ4v) is 3.25. The van der Waals surface area contributed by atoms with Crippen molar-refractivity contribution >= 4 is 11.9 Å². The average Bonchev–Trinajstić information content (AvgIpc) is 2.45. The van der Waals surface area contributed by atoms with Gasteiger partial charge in [-0.15, -0.1) is 0 Å². The molecule has 0 heterocycles. The van der Waals surface area contributed by atoms with E-state index in [1.807, 2.05) is 34.6 Å². The van der Waals surface area contributed by atoms with E-state index in [-0.39, 0.29) is 11.9 Å². The molecule has 1 N–H and O–H groups in total. The zero-order chi connectivity index (χ0) is 18.3.